The van der Waals surface area contributed by atoms with E-state index < -0.39 is 5.82 Å². The predicted molar refractivity (Wildman–Crippen MR) is 84.3 cm³/mol. The van der Waals surface area contributed by atoms with Crippen molar-refractivity contribution in [3.8, 4) is 0 Å². The monoisotopic (exact) mass is 287 g/mol. The summed E-state index contributed by atoms with van der Waals surface area (Å²) in [6.07, 6.45) is 0. The molecule has 2 N–H and O–H groups in total. The average molecular weight is 287 g/mol. The summed E-state index contributed by atoms with van der Waals surface area (Å²) in [5.41, 5.74) is 7.66. The fourth-order valence-electron chi connectivity index (χ4n) is 2.13. The maximum atomic E-state index is 13.8. The van der Waals surface area contributed by atoms with Crippen molar-refractivity contribution in [1.29, 1.82) is 0 Å². The number of halogens is 1. The summed E-state index contributed by atoms with van der Waals surface area (Å²) < 4.78 is 13.8. The molecule has 1 amide bonds. The molecule has 21 heavy (non-hydrogen) atoms. The third kappa shape index (κ3) is 2.97. The number of para-hydroxylation sites is 1. The van der Waals surface area contributed by atoms with Crippen LogP contribution in [0.25, 0.3) is 0 Å². The number of anilines is 3. The Morgan fingerprint density at radius 3 is 2.33 bits per heavy atom. The SMILES string of the molecule is CN(C)c1ccc(N)cc1C(=O)N(C)c1ccccc1F. The van der Waals surface area contributed by atoms with E-state index in [0.29, 0.717) is 11.3 Å². The Morgan fingerprint density at radius 1 is 1.05 bits per heavy atom. The first-order chi connectivity index (χ1) is 9.91. The molecule has 0 aliphatic carbocycles. The van der Waals surface area contributed by atoms with E-state index in [1.807, 2.05) is 19.0 Å². The Morgan fingerprint density at radius 2 is 1.71 bits per heavy atom. The van der Waals surface area contributed by atoms with Crippen molar-refractivity contribution < 1.29 is 9.18 Å². The molecule has 0 spiro atoms. The lowest BCUT2D eigenvalue weighted by atomic mass is 10.1. The van der Waals surface area contributed by atoms with Gasteiger partial charge >= 0.3 is 0 Å². The summed E-state index contributed by atoms with van der Waals surface area (Å²) in [5.74, 6) is -0.750. The molecule has 110 valence electrons. The maximum Gasteiger partial charge on any atom is 0.260 e. The van der Waals surface area contributed by atoms with Crippen molar-refractivity contribution in [3.63, 3.8) is 0 Å². The van der Waals surface area contributed by atoms with E-state index in [1.165, 1.54) is 11.0 Å². The molecule has 2 rings (SSSR count). The van der Waals surface area contributed by atoms with E-state index in [0.717, 1.165) is 5.69 Å². The zero-order valence-electron chi connectivity index (χ0n) is 12.3. The molecule has 0 aliphatic heterocycles. The summed E-state index contributed by atoms with van der Waals surface area (Å²) in [7, 11) is 5.22. The Hall–Kier alpha value is -2.56. The van der Waals surface area contributed by atoms with Gasteiger partial charge in [0.1, 0.15) is 5.82 Å². The van der Waals surface area contributed by atoms with Gasteiger partial charge in [0.15, 0.2) is 0 Å². The van der Waals surface area contributed by atoms with Crippen LogP contribution < -0.4 is 15.5 Å². The first kappa shape index (κ1) is 14.8. The van der Waals surface area contributed by atoms with Crippen LogP contribution in [0.15, 0.2) is 42.5 Å². The second kappa shape index (κ2) is 5.83. The predicted octanol–water partition coefficient (Wildman–Crippen LogP) is 2.75. The van der Waals surface area contributed by atoms with Gasteiger partial charge in [0.2, 0.25) is 0 Å². The number of nitrogen functional groups attached to an aromatic ring is 1. The van der Waals surface area contributed by atoms with Crippen LogP contribution >= 0.6 is 0 Å². The van der Waals surface area contributed by atoms with Crippen molar-refractivity contribution in [3.05, 3.63) is 53.8 Å². The standard InChI is InChI=1S/C16H18FN3O/c1-19(2)14-9-8-11(18)10-12(14)16(21)20(3)15-7-5-4-6-13(15)17/h4-10H,18H2,1-3H3. The van der Waals surface area contributed by atoms with Crippen LogP contribution in [0.5, 0.6) is 0 Å². The highest BCUT2D eigenvalue weighted by atomic mass is 19.1. The molecule has 0 fully saturated rings. The minimum absolute atomic E-state index is 0.231. The topological polar surface area (TPSA) is 49.6 Å². The molecular weight excluding hydrogens is 269 g/mol. The summed E-state index contributed by atoms with van der Waals surface area (Å²) in [6, 6.07) is 11.3. The van der Waals surface area contributed by atoms with E-state index in [1.54, 1.807) is 43.4 Å². The molecule has 0 heterocycles. The Bertz CT molecular complexity index is 670. The third-order valence-electron chi connectivity index (χ3n) is 3.25. The highest BCUT2D eigenvalue weighted by Crippen LogP contribution is 2.26. The number of hydrogen-bond donors (Lipinski definition) is 1. The van der Waals surface area contributed by atoms with Gasteiger partial charge in [-0.3, -0.25) is 4.79 Å². The Balaban J connectivity index is 2.45. The van der Waals surface area contributed by atoms with Crippen LogP contribution in [0, 0.1) is 5.82 Å². The summed E-state index contributed by atoms with van der Waals surface area (Å²) in [4.78, 5) is 15.8. The summed E-state index contributed by atoms with van der Waals surface area (Å²) >= 11 is 0. The van der Waals surface area contributed by atoms with Crippen molar-refractivity contribution in [2.75, 3.05) is 36.7 Å². The quantitative estimate of drug-likeness (QED) is 0.883. The number of rotatable bonds is 3. The van der Waals surface area contributed by atoms with Crippen LogP contribution in [-0.2, 0) is 0 Å². The summed E-state index contributed by atoms with van der Waals surface area (Å²) in [6.45, 7) is 0. The molecule has 0 aromatic heterocycles. The smallest absolute Gasteiger partial charge is 0.260 e. The van der Waals surface area contributed by atoms with E-state index in [2.05, 4.69) is 0 Å². The fourth-order valence-corrected chi connectivity index (χ4v) is 2.13. The lowest BCUT2D eigenvalue weighted by Gasteiger charge is -2.22. The molecule has 0 bridgehead atoms. The molecule has 0 saturated heterocycles. The number of nitrogens with two attached hydrogens (primary N) is 1. The third-order valence-corrected chi connectivity index (χ3v) is 3.25. The molecule has 2 aromatic rings. The molecule has 0 saturated carbocycles. The lowest BCUT2D eigenvalue weighted by Crippen LogP contribution is -2.29. The van der Waals surface area contributed by atoms with Gasteiger partial charge in [-0.25, -0.2) is 4.39 Å². The Labute approximate surface area is 123 Å². The van der Waals surface area contributed by atoms with Crippen molar-refractivity contribution in [2.45, 2.75) is 0 Å². The second-order valence-electron chi connectivity index (χ2n) is 4.99. The van der Waals surface area contributed by atoms with Crippen molar-refractivity contribution >= 4 is 23.0 Å². The van der Waals surface area contributed by atoms with Crippen LogP contribution in [0.2, 0.25) is 0 Å². The molecule has 0 unspecified atom stereocenters. The molecule has 0 atom stereocenters. The molecule has 4 nitrogen and oxygen atoms in total. The minimum atomic E-state index is -0.441. The number of carbonyl (C=O) groups excluding carboxylic acids is 1. The highest BCUT2D eigenvalue weighted by Gasteiger charge is 2.20. The molecule has 0 aliphatic rings. The van der Waals surface area contributed by atoms with Gasteiger partial charge in [0.25, 0.3) is 5.91 Å². The van der Waals surface area contributed by atoms with Gasteiger partial charge in [0, 0.05) is 32.5 Å². The highest BCUT2D eigenvalue weighted by molar-refractivity contribution is 6.10. The van der Waals surface area contributed by atoms with Gasteiger partial charge < -0.3 is 15.5 Å². The van der Waals surface area contributed by atoms with Gasteiger partial charge in [-0.05, 0) is 30.3 Å². The van der Waals surface area contributed by atoms with Crippen LogP contribution in [0.3, 0.4) is 0 Å². The number of hydrogen-bond acceptors (Lipinski definition) is 3. The zero-order valence-corrected chi connectivity index (χ0v) is 12.3. The van der Waals surface area contributed by atoms with Crippen LogP contribution in [0.4, 0.5) is 21.5 Å². The largest absolute Gasteiger partial charge is 0.399 e. The molecule has 0 radical (unpaired) electrons. The van der Waals surface area contributed by atoms with E-state index in [9.17, 15) is 9.18 Å². The van der Waals surface area contributed by atoms with Crippen molar-refractivity contribution in [2.24, 2.45) is 0 Å². The fraction of sp³-hybridized carbons (Fsp3) is 0.188. The number of amides is 1. The van der Waals surface area contributed by atoms with Crippen LogP contribution in [0.1, 0.15) is 10.4 Å². The van der Waals surface area contributed by atoms with E-state index >= 15 is 0 Å². The van der Waals surface area contributed by atoms with E-state index in [4.69, 9.17) is 5.73 Å². The zero-order chi connectivity index (χ0) is 15.6. The second-order valence-corrected chi connectivity index (χ2v) is 4.99. The number of nitrogens with zero attached hydrogens (tertiary/aromatic N) is 2. The molecule has 2 aromatic carbocycles. The maximum absolute atomic E-state index is 13.8. The Kier molecular flexibility index (Phi) is 4.12. The van der Waals surface area contributed by atoms with Crippen LogP contribution in [-0.4, -0.2) is 27.1 Å². The minimum Gasteiger partial charge on any atom is -0.399 e. The number of carbonyl (C=O) groups is 1. The van der Waals surface area contributed by atoms with Crippen molar-refractivity contribution in [1.82, 2.24) is 0 Å². The normalized spacial score (nSPS) is 10.3. The van der Waals surface area contributed by atoms with Gasteiger partial charge in [-0.2, -0.15) is 0 Å². The van der Waals surface area contributed by atoms with Gasteiger partial charge in [-0.15, -0.1) is 0 Å². The lowest BCUT2D eigenvalue weighted by molar-refractivity contribution is 0.0992. The molecule has 5 heteroatoms. The van der Waals surface area contributed by atoms with Gasteiger partial charge in [-0.1, -0.05) is 12.1 Å². The average Bonchev–Trinajstić information content (AvgIpc) is 2.45. The molecular formula is C16H18FN3O. The summed E-state index contributed by atoms with van der Waals surface area (Å²) in [5, 5.41) is 0. The first-order valence-electron chi connectivity index (χ1n) is 6.51. The van der Waals surface area contributed by atoms with E-state index in [-0.39, 0.29) is 11.6 Å². The first-order valence-corrected chi connectivity index (χ1v) is 6.51. The number of benzene rings is 2. The van der Waals surface area contributed by atoms with Gasteiger partial charge in [0.05, 0.1) is 11.3 Å².